The van der Waals surface area contributed by atoms with Crippen LogP contribution in [-0.4, -0.2) is 69.1 Å². The van der Waals surface area contributed by atoms with Crippen LogP contribution in [0.3, 0.4) is 0 Å². The summed E-state index contributed by atoms with van der Waals surface area (Å²) in [5, 5.41) is -0.881. The number of nitrogens with one attached hydrogen (secondary N) is 1. The minimum absolute atomic E-state index is 0.0482. The molecule has 3 heterocycles. The normalized spacial score (nSPS) is 34.6. The zero-order valence-corrected chi connectivity index (χ0v) is 24.8. The standard InChI is InChI=1S/C29H38ClN3O6S/c1-6-20(3)28(15-30)16-33-14-22-9-10-23(22)29(17-34,38-5)13-7-8-19(2)21(4)40(36,37)32-27(35)24-11-12-25(39-18-28)26(33)31-24/h6-7,11-13,17,19,21-23H,1,3,8-10,14-16,18H2,2,4-5H3,(H,32,35)/b13-7+/t19-,21+,22-,23+,28-,29+/m0/s1. The summed E-state index contributed by atoms with van der Waals surface area (Å²) >= 11 is 6.52. The molecule has 0 radical (unpaired) electrons. The molecule has 6 atom stereocenters. The molecular formula is C29H38ClN3O6S. The highest BCUT2D eigenvalue weighted by Crippen LogP contribution is 2.46. The minimum Gasteiger partial charge on any atom is -0.489 e. The predicted octanol–water partition coefficient (Wildman–Crippen LogP) is 3.90. The molecule has 1 amide bonds. The van der Waals surface area contributed by atoms with Crippen LogP contribution in [0.1, 0.15) is 43.6 Å². The molecule has 0 aromatic carbocycles. The Labute approximate surface area is 241 Å². The average Bonchev–Trinajstić information content (AvgIpc) is 3.09. The van der Waals surface area contributed by atoms with Crippen LogP contribution in [-0.2, 0) is 19.6 Å². The van der Waals surface area contributed by atoms with Crippen LogP contribution < -0.4 is 14.4 Å². The fourth-order valence-electron chi connectivity index (χ4n) is 5.75. The first-order valence-electron chi connectivity index (χ1n) is 13.5. The third-order valence-corrected chi connectivity index (χ3v) is 11.4. The van der Waals surface area contributed by atoms with Crippen molar-refractivity contribution in [2.45, 2.75) is 44.0 Å². The fraction of sp³-hybridized carbons (Fsp3) is 0.552. The Bertz CT molecular complexity index is 1320. The molecule has 1 saturated carbocycles. The molecule has 1 aliphatic carbocycles. The number of alkyl halides is 1. The topological polar surface area (TPSA) is 115 Å². The number of allylic oxidation sites excluding steroid dienone is 2. The minimum atomic E-state index is -4.02. The third kappa shape index (κ3) is 5.45. The molecule has 0 unspecified atom stereocenters. The number of ether oxygens (including phenoxy) is 2. The van der Waals surface area contributed by atoms with Crippen LogP contribution in [0.2, 0.25) is 0 Å². The van der Waals surface area contributed by atoms with E-state index in [-0.39, 0.29) is 35.9 Å². The number of hydrogen-bond donors (Lipinski definition) is 1. The molecule has 9 nitrogen and oxygen atoms in total. The fourth-order valence-corrected chi connectivity index (χ4v) is 7.36. The van der Waals surface area contributed by atoms with Gasteiger partial charge in [0.25, 0.3) is 5.91 Å². The van der Waals surface area contributed by atoms with Gasteiger partial charge in [0, 0.05) is 32.0 Å². The number of pyridine rings is 1. The quantitative estimate of drug-likeness (QED) is 0.237. The van der Waals surface area contributed by atoms with Gasteiger partial charge >= 0.3 is 0 Å². The van der Waals surface area contributed by atoms with Gasteiger partial charge in [0.15, 0.2) is 17.9 Å². The van der Waals surface area contributed by atoms with Gasteiger partial charge in [-0.3, -0.25) is 9.59 Å². The van der Waals surface area contributed by atoms with Gasteiger partial charge in [-0.1, -0.05) is 32.2 Å². The SMILES string of the molecule is C=CC(=C)[C@]1(CCl)COc2ccc3nc2N(C[C@@H]2CC[C@H]2[C@@](C=O)(OC)/C=C/C[C@H](C)[C@@H](C)S(=O)(=O)NC3=O)C1. The Morgan fingerprint density at radius 1 is 1.35 bits per heavy atom. The van der Waals surface area contributed by atoms with E-state index in [9.17, 15) is 18.0 Å². The highest BCUT2D eigenvalue weighted by Gasteiger charge is 2.49. The summed E-state index contributed by atoms with van der Waals surface area (Å²) in [6.07, 6.45) is 8.11. The van der Waals surface area contributed by atoms with Crippen molar-refractivity contribution in [1.29, 1.82) is 0 Å². The average molecular weight is 592 g/mol. The van der Waals surface area contributed by atoms with Crippen LogP contribution >= 0.6 is 11.6 Å². The number of amides is 1. The molecule has 218 valence electrons. The lowest BCUT2D eigenvalue weighted by Gasteiger charge is -2.48. The number of halogens is 1. The first-order valence-corrected chi connectivity index (χ1v) is 15.6. The summed E-state index contributed by atoms with van der Waals surface area (Å²) in [5.41, 5.74) is -1.18. The van der Waals surface area contributed by atoms with Crippen LogP contribution in [0.15, 0.2) is 49.1 Å². The number of aromatic nitrogens is 1. The molecule has 40 heavy (non-hydrogen) atoms. The largest absolute Gasteiger partial charge is 0.489 e. The predicted molar refractivity (Wildman–Crippen MR) is 155 cm³/mol. The summed E-state index contributed by atoms with van der Waals surface area (Å²) < 4.78 is 40.4. The highest BCUT2D eigenvalue weighted by molar-refractivity contribution is 7.90. The number of carbonyl (C=O) groups excluding carboxylic acids is 2. The van der Waals surface area contributed by atoms with E-state index in [4.69, 9.17) is 21.1 Å². The lowest BCUT2D eigenvalue weighted by Crippen LogP contribution is -2.53. The zero-order valence-electron chi connectivity index (χ0n) is 23.3. The van der Waals surface area contributed by atoms with Crippen LogP contribution in [0, 0.1) is 23.2 Å². The Morgan fingerprint density at radius 2 is 2.10 bits per heavy atom. The van der Waals surface area contributed by atoms with E-state index in [0.717, 1.165) is 19.1 Å². The van der Waals surface area contributed by atoms with E-state index in [1.807, 2.05) is 11.0 Å². The smallest absolute Gasteiger partial charge is 0.283 e. The summed E-state index contributed by atoms with van der Waals surface area (Å²) in [6, 6.07) is 3.07. The van der Waals surface area contributed by atoms with Gasteiger partial charge in [0.1, 0.15) is 17.9 Å². The molecule has 2 bridgehead atoms. The Hall–Kier alpha value is -2.69. The van der Waals surface area contributed by atoms with Gasteiger partial charge in [0.2, 0.25) is 10.0 Å². The van der Waals surface area contributed by atoms with Crippen molar-refractivity contribution in [2.75, 3.05) is 37.6 Å². The molecule has 4 rings (SSSR count). The maximum Gasteiger partial charge on any atom is 0.283 e. The van der Waals surface area contributed by atoms with E-state index < -0.39 is 32.2 Å². The van der Waals surface area contributed by atoms with Crippen molar-refractivity contribution in [1.82, 2.24) is 9.71 Å². The van der Waals surface area contributed by atoms with Crippen molar-refractivity contribution < 1.29 is 27.5 Å². The second-order valence-electron chi connectivity index (χ2n) is 11.2. The van der Waals surface area contributed by atoms with Gasteiger partial charge in [-0.15, -0.1) is 11.6 Å². The molecule has 0 saturated heterocycles. The van der Waals surface area contributed by atoms with Crippen molar-refractivity contribution >= 4 is 39.6 Å². The van der Waals surface area contributed by atoms with E-state index in [1.54, 1.807) is 32.1 Å². The monoisotopic (exact) mass is 591 g/mol. The van der Waals surface area contributed by atoms with Crippen LogP contribution in [0.25, 0.3) is 0 Å². The van der Waals surface area contributed by atoms with Gasteiger partial charge in [-0.25, -0.2) is 18.1 Å². The molecular weight excluding hydrogens is 554 g/mol. The lowest BCUT2D eigenvalue weighted by atomic mass is 9.64. The van der Waals surface area contributed by atoms with E-state index in [2.05, 4.69) is 22.9 Å². The Kier molecular flexibility index (Phi) is 8.82. The number of methoxy groups -OCH3 is 1. The molecule has 3 aliphatic rings. The second-order valence-corrected chi connectivity index (χ2v) is 13.6. The molecule has 11 heteroatoms. The summed E-state index contributed by atoms with van der Waals surface area (Å²) in [4.78, 5) is 32.3. The molecule has 1 aromatic rings. The van der Waals surface area contributed by atoms with E-state index in [1.165, 1.54) is 13.2 Å². The molecule has 1 aromatic heterocycles. The van der Waals surface area contributed by atoms with Gasteiger partial charge in [-0.2, -0.15) is 0 Å². The zero-order chi connectivity index (χ0) is 29.3. The summed E-state index contributed by atoms with van der Waals surface area (Å²) in [5.74, 6) is -0.144. The summed E-state index contributed by atoms with van der Waals surface area (Å²) in [6.45, 7) is 12.5. The second kappa shape index (κ2) is 11.7. The first-order chi connectivity index (χ1) is 19.0. The van der Waals surface area contributed by atoms with Gasteiger partial charge in [-0.05, 0) is 61.8 Å². The van der Waals surface area contributed by atoms with Crippen molar-refractivity contribution in [2.24, 2.45) is 23.2 Å². The number of hydrogen-bond acceptors (Lipinski definition) is 8. The number of sulfonamides is 1. The number of carbonyl (C=O) groups is 2. The number of aldehydes is 1. The number of rotatable bonds is 5. The highest BCUT2D eigenvalue weighted by atomic mass is 35.5. The van der Waals surface area contributed by atoms with Crippen LogP contribution in [0.5, 0.6) is 5.75 Å². The van der Waals surface area contributed by atoms with E-state index in [0.29, 0.717) is 36.7 Å². The maximum atomic E-state index is 13.1. The van der Waals surface area contributed by atoms with E-state index >= 15 is 0 Å². The summed E-state index contributed by atoms with van der Waals surface area (Å²) in [7, 11) is -2.50. The van der Waals surface area contributed by atoms with Gasteiger partial charge in [0.05, 0.1) is 10.7 Å². The van der Waals surface area contributed by atoms with Crippen molar-refractivity contribution in [3.63, 3.8) is 0 Å². The van der Waals surface area contributed by atoms with Crippen molar-refractivity contribution in [3.8, 4) is 5.75 Å². The molecule has 0 spiro atoms. The number of anilines is 1. The number of fused-ring (bicyclic) bond motifs is 2. The number of nitrogens with zero attached hydrogens (tertiary/aromatic N) is 2. The molecule has 2 aliphatic heterocycles. The van der Waals surface area contributed by atoms with Crippen molar-refractivity contribution in [3.05, 3.63) is 54.8 Å². The van der Waals surface area contributed by atoms with Crippen LogP contribution in [0.4, 0.5) is 5.82 Å². The first kappa shape index (κ1) is 30.3. The Balaban J connectivity index is 1.85. The third-order valence-electron chi connectivity index (χ3n) is 8.95. The maximum absolute atomic E-state index is 13.1. The lowest BCUT2D eigenvalue weighted by molar-refractivity contribution is -0.135. The molecule has 1 fully saturated rings. The Morgan fingerprint density at radius 3 is 2.70 bits per heavy atom. The molecule has 1 N–H and O–H groups in total. The van der Waals surface area contributed by atoms with Gasteiger partial charge < -0.3 is 14.4 Å².